The van der Waals surface area contributed by atoms with E-state index in [2.05, 4.69) is 15.3 Å². The minimum atomic E-state index is -2.69. The first kappa shape index (κ1) is 25.1. The van der Waals surface area contributed by atoms with Crippen LogP contribution in [0.5, 0.6) is 0 Å². The maximum Gasteiger partial charge on any atom is 0.336 e. The van der Waals surface area contributed by atoms with Crippen molar-refractivity contribution in [2.45, 2.75) is 39.5 Å². The number of nitrogens with one attached hydrogen (secondary N) is 1. The summed E-state index contributed by atoms with van der Waals surface area (Å²) in [6.07, 6.45) is 0.430. The molecule has 0 amide bonds. The van der Waals surface area contributed by atoms with Gasteiger partial charge in [-0.3, -0.25) is 4.99 Å². The zero-order valence-corrected chi connectivity index (χ0v) is 18.5. The Kier molecular flexibility index (Phi) is 8.94. The first-order chi connectivity index (χ1) is 15.1. The van der Waals surface area contributed by atoms with Crippen LogP contribution in [0.4, 0.5) is 14.6 Å². The van der Waals surface area contributed by atoms with Gasteiger partial charge >= 0.3 is 5.97 Å². The van der Waals surface area contributed by atoms with E-state index in [0.717, 1.165) is 0 Å². The van der Waals surface area contributed by atoms with Gasteiger partial charge in [-0.25, -0.2) is 18.6 Å². The number of rotatable bonds is 10. The zero-order valence-electron chi connectivity index (χ0n) is 18.5. The lowest BCUT2D eigenvalue weighted by atomic mass is 10.0. The molecule has 0 spiro atoms. The molecule has 176 valence electrons. The third-order valence-corrected chi connectivity index (χ3v) is 4.57. The summed E-state index contributed by atoms with van der Waals surface area (Å²) in [5.41, 5.74) is 6.54. The first-order valence-corrected chi connectivity index (χ1v) is 10.0. The number of nitrogens with two attached hydrogens (primary N) is 1. The highest BCUT2D eigenvalue weighted by molar-refractivity contribution is 5.91. The molecule has 11 heteroatoms. The highest BCUT2D eigenvalue weighted by Gasteiger charge is 2.36. The molecule has 0 saturated carbocycles. The molecule has 1 aliphatic rings. The molecule has 2 atom stereocenters. The maximum absolute atomic E-state index is 12.8. The lowest BCUT2D eigenvalue weighted by Crippen LogP contribution is -2.43. The van der Waals surface area contributed by atoms with Crippen molar-refractivity contribution in [2.24, 2.45) is 16.6 Å². The van der Waals surface area contributed by atoms with Crippen molar-refractivity contribution in [3.63, 3.8) is 0 Å². The van der Waals surface area contributed by atoms with Gasteiger partial charge in [-0.15, -0.1) is 0 Å². The Morgan fingerprint density at radius 2 is 2.09 bits per heavy atom. The van der Waals surface area contributed by atoms with E-state index in [9.17, 15) is 18.7 Å². The van der Waals surface area contributed by atoms with Gasteiger partial charge in [-0.05, 0) is 42.7 Å². The monoisotopic (exact) mass is 453 g/mol. The number of halogens is 2. The van der Waals surface area contributed by atoms with Gasteiger partial charge in [0.25, 0.3) is 6.43 Å². The van der Waals surface area contributed by atoms with E-state index >= 15 is 0 Å². The van der Waals surface area contributed by atoms with E-state index in [1.165, 1.54) is 24.2 Å². The molecule has 0 aliphatic carbocycles. The summed E-state index contributed by atoms with van der Waals surface area (Å²) in [5.74, 6) is -0.142. The fraction of sp³-hybridized carbons (Fsp3) is 0.476. The largest absolute Gasteiger partial charge is 0.478 e. The number of methoxy groups -OCH3 is 1. The Balaban J connectivity index is 2.34. The van der Waals surface area contributed by atoms with E-state index in [0.29, 0.717) is 23.8 Å². The fourth-order valence-electron chi connectivity index (χ4n) is 3.06. The number of hydrogen-bond donors (Lipinski definition) is 3. The lowest BCUT2D eigenvalue weighted by Gasteiger charge is -2.40. The van der Waals surface area contributed by atoms with E-state index < -0.39 is 31.3 Å². The van der Waals surface area contributed by atoms with Crippen LogP contribution in [0.25, 0.3) is 0 Å². The van der Waals surface area contributed by atoms with Crippen molar-refractivity contribution in [3.8, 4) is 0 Å². The number of aliphatic imine (C=N–C) groups is 1. The minimum Gasteiger partial charge on any atom is -0.478 e. The minimum absolute atomic E-state index is 0.0544. The van der Waals surface area contributed by atoms with Gasteiger partial charge < -0.3 is 30.5 Å². The smallest absolute Gasteiger partial charge is 0.336 e. The Hall–Kier alpha value is -3.21. The van der Waals surface area contributed by atoms with E-state index in [1.54, 1.807) is 25.3 Å². The Morgan fingerprint density at radius 3 is 2.69 bits per heavy atom. The van der Waals surface area contributed by atoms with Crippen LogP contribution in [0.15, 0.2) is 46.9 Å². The number of anilines is 1. The van der Waals surface area contributed by atoms with E-state index in [-0.39, 0.29) is 17.4 Å². The molecule has 2 unspecified atom stereocenters. The molecule has 0 fully saturated rings. The first-order valence-electron chi connectivity index (χ1n) is 10.0. The van der Waals surface area contributed by atoms with Gasteiger partial charge in [0, 0.05) is 19.9 Å². The summed E-state index contributed by atoms with van der Waals surface area (Å²) >= 11 is 0. The van der Waals surface area contributed by atoms with Crippen LogP contribution in [0.3, 0.4) is 0 Å². The number of hydrogen-bond acceptors (Lipinski definition) is 6. The molecular formula is C21H29F2N5O4. The van der Waals surface area contributed by atoms with E-state index in [1.807, 2.05) is 13.8 Å². The number of nitrogens with zero attached hydrogens (tertiary/aromatic N) is 3. The normalized spacial score (nSPS) is 17.8. The summed E-state index contributed by atoms with van der Waals surface area (Å²) in [6.45, 7) is 5.52. The van der Waals surface area contributed by atoms with Crippen LogP contribution in [0, 0.1) is 5.92 Å². The second-order valence-corrected chi connectivity index (χ2v) is 7.52. The SMILES string of the molecule is COC1C(C(=O)O)=CC=C(OCC(F)F)N1C(C)c1ccnc(NC(N)=NCC(C)C)c1. The average molecular weight is 453 g/mol. The van der Waals surface area contributed by atoms with Crippen molar-refractivity contribution in [2.75, 3.05) is 25.6 Å². The second-order valence-electron chi connectivity index (χ2n) is 7.52. The summed E-state index contributed by atoms with van der Waals surface area (Å²) < 4.78 is 36.2. The molecule has 9 nitrogen and oxygen atoms in total. The number of ether oxygens (including phenoxy) is 2. The third-order valence-electron chi connectivity index (χ3n) is 4.57. The van der Waals surface area contributed by atoms with Crippen LogP contribution in [0.1, 0.15) is 32.4 Å². The summed E-state index contributed by atoms with van der Waals surface area (Å²) in [4.78, 5) is 21.6. The molecule has 0 radical (unpaired) electrons. The predicted molar refractivity (Wildman–Crippen MR) is 116 cm³/mol. The Morgan fingerprint density at radius 1 is 1.38 bits per heavy atom. The molecule has 2 rings (SSSR count). The number of pyridine rings is 1. The van der Waals surface area contributed by atoms with E-state index in [4.69, 9.17) is 15.2 Å². The van der Waals surface area contributed by atoms with Crippen molar-refractivity contribution in [1.82, 2.24) is 9.88 Å². The molecule has 0 bridgehead atoms. The Bertz CT molecular complexity index is 889. The fourth-order valence-corrected chi connectivity index (χ4v) is 3.06. The van der Waals surface area contributed by atoms with Gasteiger partial charge in [0.1, 0.15) is 5.82 Å². The second kappa shape index (κ2) is 11.4. The van der Waals surface area contributed by atoms with Gasteiger partial charge in [0.2, 0.25) is 0 Å². The summed E-state index contributed by atoms with van der Waals surface area (Å²) in [6, 6.07) is 2.90. The molecule has 1 aromatic rings. The molecular weight excluding hydrogens is 424 g/mol. The predicted octanol–water partition coefficient (Wildman–Crippen LogP) is 2.95. The topological polar surface area (TPSA) is 122 Å². The third kappa shape index (κ3) is 6.64. The quantitative estimate of drug-likeness (QED) is 0.365. The van der Waals surface area contributed by atoms with Crippen LogP contribution in [0.2, 0.25) is 0 Å². The number of carboxylic acids is 1. The van der Waals surface area contributed by atoms with Crippen molar-refractivity contribution in [1.29, 1.82) is 0 Å². The summed E-state index contributed by atoms with van der Waals surface area (Å²) in [5, 5.41) is 12.5. The highest BCUT2D eigenvalue weighted by atomic mass is 19.3. The van der Waals surface area contributed by atoms with Crippen LogP contribution >= 0.6 is 0 Å². The maximum atomic E-state index is 12.8. The molecule has 0 aromatic carbocycles. The van der Waals surface area contributed by atoms with Crippen molar-refractivity contribution >= 4 is 17.7 Å². The van der Waals surface area contributed by atoms with Crippen LogP contribution in [-0.2, 0) is 14.3 Å². The van der Waals surface area contributed by atoms with Crippen molar-refractivity contribution < 1.29 is 28.2 Å². The van der Waals surface area contributed by atoms with Crippen LogP contribution in [-0.4, -0.2) is 59.8 Å². The van der Waals surface area contributed by atoms with Gasteiger partial charge in [0.05, 0.1) is 11.6 Å². The molecule has 0 saturated heterocycles. The molecule has 1 aliphatic heterocycles. The number of carboxylic acid groups (broad SMARTS) is 1. The number of aliphatic carboxylic acids is 1. The molecule has 32 heavy (non-hydrogen) atoms. The molecule has 1 aromatic heterocycles. The Labute approximate surface area is 185 Å². The van der Waals surface area contributed by atoms with Gasteiger partial charge in [-0.2, -0.15) is 0 Å². The van der Waals surface area contributed by atoms with Crippen molar-refractivity contribution in [3.05, 3.63) is 47.5 Å². The van der Waals surface area contributed by atoms with Crippen LogP contribution < -0.4 is 11.1 Å². The number of carbonyl (C=O) groups is 1. The number of alkyl halides is 2. The average Bonchev–Trinajstić information content (AvgIpc) is 2.74. The zero-order chi connectivity index (χ0) is 23.8. The number of aromatic nitrogens is 1. The van der Waals surface area contributed by atoms with Gasteiger partial charge in [0.15, 0.2) is 24.7 Å². The highest BCUT2D eigenvalue weighted by Crippen LogP contribution is 2.34. The van der Waals surface area contributed by atoms with Gasteiger partial charge in [-0.1, -0.05) is 13.8 Å². The summed E-state index contributed by atoms with van der Waals surface area (Å²) in [7, 11) is 1.34. The number of allylic oxidation sites excluding steroid dienone is 2. The molecule has 2 heterocycles. The number of guanidine groups is 1. The standard InChI is InChI=1S/C21H29F2N5O4/c1-12(2)10-26-21(24)27-17-9-14(7-8-25-17)13(3)28-18(32-11-16(22)23)6-5-15(20(29)30)19(28)31-4/h5-9,12-13,16,19H,10-11H2,1-4H3,(H,29,30)(H3,24,25,26,27). The lowest BCUT2D eigenvalue weighted by molar-refractivity contribution is -0.137. The molecule has 4 N–H and O–H groups in total.